The van der Waals surface area contributed by atoms with E-state index in [4.69, 9.17) is 4.74 Å². The standard InChI is InChI=1S/C16H28N2O3/c1-6-11-14(19)17-13(16(3,4)5)15(20)18(11)10(2)12-8-7-9-21-12/h10-13H,6-9H2,1-5H3,(H,17,19). The fraction of sp³-hybridized carbons (Fsp3) is 0.875. The van der Waals surface area contributed by atoms with Gasteiger partial charge in [-0.1, -0.05) is 27.7 Å². The van der Waals surface area contributed by atoms with Gasteiger partial charge in [-0.2, -0.15) is 0 Å². The number of carbonyl (C=O) groups is 2. The maximum absolute atomic E-state index is 12.9. The molecule has 2 fully saturated rings. The Balaban J connectivity index is 2.28. The molecule has 2 saturated heterocycles. The SMILES string of the molecule is CCC1C(=O)NC(C(C)(C)C)C(=O)N1C(C)C1CCCO1. The van der Waals surface area contributed by atoms with E-state index in [9.17, 15) is 9.59 Å². The van der Waals surface area contributed by atoms with E-state index in [2.05, 4.69) is 5.32 Å². The molecule has 0 aromatic heterocycles. The zero-order valence-corrected chi connectivity index (χ0v) is 13.8. The van der Waals surface area contributed by atoms with Crippen molar-refractivity contribution in [1.82, 2.24) is 10.2 Å². The van der Waals surface area contributed by atoms with Crippen LogP contribution < -0.4 is 5.32 Å². The van der Waals surface area contributed by atoms with Crippen molar-refractivity contribution in [1.29, 1.82) is 0 Å². The lowest BCUT2D eigenvalue weighted by Crippen LogP contribution is -2.69. The van der Waals surface area contributed by atoms with Crippen molar-refractivity contribution in [2.45, 2.75) is 78.1 Å². The molecule has 1 N–H and O–H groups in total. The predicted octanol–water partition coefficient (Wildman–Crippen LogP) is 1.71. The molecule has 0 spiro atoms. The van der Waals surface area contributed by atoms with Crippen molar-refractivity contribution in [3.8, 4) is 0 Å². The number of hydrogen-bond acceptors (Lipinski definition) is 3. The lowest BCUT2D eigenvalue weighted by atomic mass is 9.83. The van der Waals surface area contributed by atoms with Gasteiger partial charge in [-0.15, -0.1) is 0 Å². The Bertz CT molecular complexity index is 410. The van der Waals surface area contributed by atoms with Gasteiger partial charge in [0, 0.05) is 6.61 Å². The first-order chi connectivity index (χ1) is 9.77. The van der Waals surface area contributed by atoms with Crippen molar-refractivity contribution in [3.63, 3.8) is 0 Å². The van der Waals surface area contributed by atoms with Crippen molar-refractivity contribution < 1.29 is 14.3 Å². The number of carbonyl (C=O) groups excluding carboxylic acids is 2. The highest BCUT2D eigenvalue weighted by Crippen LogP contribution is 2.30. The van der Waals surface area contributed by atoms with Gasteiger partial charge < -0.3 is 15.0 Å². The maximum Gasteiger partial charge on any atom is 0.246 e. The summed E-state index contributed by atoms with van der Waals surface area (Å²) in [5.74, 6) is -0.0150. The van der Waals surface area contributed by atoms with E-state index >= 15 is 0 Å². The molecule has 5 nitrogen and oxygen atoms in total. The van der Waals surface area contributed by atoms with Crippen LogP contribution in [0.5, 0.6) is 0 Å². The summed E-state index contributed by atoms with van der Waals surface area (Å²) >= 11 is 0. The van der Waals surface area contributed by atoms with E-state index in [-0.39, 0.29) is 35.4 Å². The zero-order valence-electron chi connectivity index (χ0n) is 13.8. The summed E-state index contributed by atoms with van der Waals surface area (Å²) in [7, 11) is 0. The Morgan fingerprint density at radius 3 is 2.52 bits per heavy atom. The number of amides is 2. The van der Waals surface area contributed by atoms with E-state index in [1.165, 1.54) is 0 Å². The molecule has 2 amide bonds. The number of rotatable bonds is 3. The molecule has 0 aliphatic carbocycles. The average molecular weight is 296 g/mol. The Morgan fingerprint density at radius 1 is 1.38 bits per heavy atom. The Hall–Kier alpha value is -1.10. The second-order valence-electron chi connectivity index (χ2n) is 7.27. The molecular weight excluding hydrogens is 268 g/mol. The summed E-state index contributed by atoms with van der Waals surface area (Å²) in [5, 5.41) is 2.91. The molecule has 0 aromatic carbocycles. The monoisotopic (exact) mass is 296 g/mol. The second-order valence-corrected chi connectivity index (χ2v) is 7.27. The van der Waals surface area contributed by atoms with Gasteiger partial charge in [0.25, 0.3) is 0 Å². The fourth-order valence-corrected chi connectivity index (χ4v) is 3.34. The molecule has 0 aromatic rings. The maximum atomic E-state index is 12.9. The highest BCUT2D eigenvalue weighted by Gasteiger charge is 2.47. The number of ether oxygens (including phenoxy) is 1. The van der Waals surface area contributed by atoms with Gasteiger partial charge in [0.1, 0.15) is 12.1 Å². The number of hydrogen-bond donors (Lipinski definition) is 1. The smallest absolute Gasteiger partial charge is 0.246 e. The van der Waals surface area contributed by atoms with E-state index in [1.54, 1.807) is 4.90 Å². The van der Waals surface area contributed by atoms with Crippen molar-refractivity contribution in [3.05, 3.63) is 0 Å². The normalized spacial score (nSPS) is 32.2. The third-order valence-corrected chi connectivity index (χ3v) is 4.62. The molecule has 4 unspecified atom stereocenters. The summed E-state index contributed by atoms with van der Waals surface area (Å²) in [6, 6.07) is -0.896. The van der Waals surface area contributed by atoms with Crippen LogP contribution in [-0.4, -0.2) is 47.6 Å². The van der Waals surface area contributed by atoms with Crippen LogP contribution in [0.1, 0.15) is 53.9 Å². The minimum atomic E-state index is -0.461. The van der Waals surface area contributed by atoms with Crippen molar-refractivity contribution >= 4 is 11.8 Å². The molecule has 0 radical (unpaired) electrons. The van der Waals surface area contributed by atoms with Crippen LogP contribution in [0.2, 0.25) is 0 Å². The molecular formula is C16H28N2O3. The van der Waals surface area contributed by atoms with Gasteiger partial charge >= 0.3 is 0 Å². The van der Waals surface area contributed by atoms with Crippen LogP contribution >= 0.6 is 0 Å². The summed E-state index contributed by atoms with van der Waals surface area (Å²) < 4.78 is 5.74. The largest absolute Gasteiger partial charge is 0.376 e. The number of piperazine rings is 1. The van der Waals surface area contributed by atoms with Crippen LogP contribution in [0.25, 0.3) is 0 Å². The van der Waals surface area contributed by atoms with Gasteiger partial charge in [-0.3, -0.25) is 9.59 Å². The van der Waals surface area contributed by atoms with Crippen LogP contribution in [0.4, 0.5) is 0 Å². The summed E-state index contributed by atoms with van der Waals surface area (Å²) in [4.78, 5) is 27.1. The topological polar surface area (TPSA) is 58.6 Å². The minimum Gasteiger partial charge on any atom is -0.376 e. The zero-order chi connectivity index (χ0) is 15.8. The molecule has 120 valence electrons. The average Bonchev–Trinajstić information content (AvgIpc) is 2.92. The lowest BCUT2D eigenvalue weighted by Gasteiger charge is -2.46. The van der Waals surface area contributed by atoms with Crippen LogP contribution in [0.15, 0.2) is 0 Å². The Kier molecular flexibility index (Phi) is 4.61. The summed E-state index contributed by atoms with van der Waals surface area (Å²) in [6.45, 7) is 10.7. The predicted molar refractivity (Wildman–Crippen MR) is 80.7 cm³/mol. The highest BCUT2D eigenvalue weighted by molar-refractivity contribution is 5.97. The molecule has 0 saturated carbocycles. The van der Waals surface area contributed by atoms with Crippen molar-refractivity contribution in [2.75, 3.05) is 6.61 Å². The first-order valence-corrected chi connectivity index (χ1v) is 8.01. The van der Waals surface area contributed by atoms with Crippen molar-refractivity contribution in [2.24, 2.45) is 5.41 Å². The van der Waals surface area contributed by atoms with Gasteiger partial charge in [-0.25, -0.2) is 0 Å². The number of nitrogens with zero attached hydrogens (tertiary/aromatic N) is 1. The lowest BCUT2D eigenvalue weighted by molar-refractivity contribution is -0.158. The summed E-state index contributed by atoms with van der Waals surface area (Å²) in [5.41, 5.74) is -0.292. The highest BCUT2D eigenvalue weighted by atomic mass is 16.5. The molecule has 5 heteroatoms. The van der Waals surface area contributed by atoms with Crippen LogP contribution in [0, 0.1) is 5.41 Å². The van der Waals surface area contributed by atoms with Crippen LogP contribution in [-0.2, 0) is 14.3 Å². The van der Waals surface area contributed by atoms with E-state index < -0.39 is 6.04 Å². The third kappa shape index (κ3) is 3.07. The molecule has 2 rings (SSSR count). The van der Waals surface area contributed by atoms with Gasteiger partial charge in [0.05, 0.1) is 12.1 Å². The molecule has 0 bridgehead atoms. The van der Waals surface area contributed by atoms with E-state index in [1.807, 2.05) is 34.6 Å². The second kappa shape index (κ2) is 5.95. The molecule has 2 aliphatic heterocycles. The quantitative estimate of drug-likeness (QED) is 0.862. The van der Waals surface area contributed by atoms with Crippen LogP contribution in [0.3, 0.4) is 0 Å². The molecule has 2 aliphatic rings. The van der Waals surface area contributed by atoms with E-state index in [0.717, 1.165) is 19.4 Å². The Morgan fingerprint density at radius 2 is 2.05 bits per heavy atom. The fourth-order valence-electron chi connectivity index (χ4n) is 3.34. The molecule has 4 atom stereocenters. The summed E-state index contributed by atoms with van der Waals surface area (Å²) in [6.07, 6.45) is 2.67. The number of nitrogens with one attached hydrogen (secondary N) is 1. The first kappa shape index (κ1) is 16.3. The molecule has 21 heavy (non-hydrogen) atoms. The van der Waals surface area contributed by atoms with Gasteiger partial charge in [0.2, 0.25) is 11.8 Å². The van der Waals surface area contributed by atoms with E-state index in [0.29, 0.717) is 6.42 Å². The Labute approximate surface area is 127 Å². The minimum absolute atomic E-state index is 0.0250. The third-order valence-electron chi connectivity index (χ3n) is 4.62. The first-order valence-electron chi connectivity index (χ1n) is 8.01. The van der Waals surface area contributed by atoms with Gasteiger partial charge in [0.15, 0.2) is 0 Å². The van der Waals surface area contributed by atoms with Gasteiger partial charge in [-0.05, 0) is 31.6 Å². The molecule has 2 heterocycles.